The lowest BCUT2D eigenvalue weighted by Gasteiger charge is -2.47. The van der Waals surface area contributed by atoms with Crippen LogP contribution in [-0.2, 0) is 25.6 Å². The molecule has 8 heteroatoms. The van der Waals surface area contributed by atoms with Gasteiger partial charge in [-0.3, -0.25) is 4.99 Å². The van der Waals surface area contributed by atoms with Gasteiger partial charge in [0.1, 0.15) is 34.2 Å². The molecule has 6 atom stereocenters. The van der Waals surface area contributed by atoms with E-state index in [1.54, 1.807) is 11.8 Å². The van der Waals surface area contributed by atoms with Crippen LogP contribution in [0.25, 0.3) is 0 Å². The quantitative estimate of drug-likeness (QED) is 0.733. The predicted molar refractivity (Wildman–Crippen MR) is 122 cm³/mol. The van der Waals surface area contributed by atoms with Crippen LogP contribution >= 0.6 is 23.5 Å². The monoisotopic (exact) mass is 459 g/mol. The zero-order valence-corrected chi connectivity index (χ0v) is 18.5. The lowest BCUT2D eigenvalue weighted by atomic mass is 9.98. The highest BCUT2D eigenvalue weighted by atomic mass is 32.2. The fourth-order valence-electron chi connectivity index (χ4n) is 3.87. The summed E-state index contributed by atoms with van der Waals surface area (Å²) in [5.74, 6) is 0.976. The van der Waals surface area contributed by atoms with Crippen molar-refractivity contribution in [2.45, 2.75) is 42.7 Å². The van der Waals surface area contributed by atoms with E-state index >= 15 is 0 Å². The first kappa shape index (κ1) is 21.5. The molecule has 0 amide bonds. The van der Waals surface area contributed by atoms with E-state index in [4.69, 9.17) is 18.9 Å². The topological polar surface area (TPSA) is 69.5 Å². The van der Waals surface area contributed by atoms with E-state index in [1.165, 1.54) is 11.8 Å². The third-order valence-electron chi connectivity index (χ3n) is 5.44. The van der Waals surface area contributed by atoms with Crippen molar-refractivity contribution in [1.82, 2.24) is 0 Å². The van der Waals surface area contributed by atoms with Crippen molar-refractivity contribution >= 4 is 27.9 Å². The Kier molecular flexibility index (Phi) is 6.95. The number of aliphatic imine (C=N–C) groups is 1. The lowest BCUT2D eigenvalue weighted by molar-refractivity contribution is -0.322. The molecule has 0 saturated carbocycles. The number of hydrogen-bond donors (Lipinski definition) is 1. The number of rotatable bonds is 5. The number of fused-ring (bicyclic) bond motifs is 1. The fraction of sp³-hybridized carbons (Fsp3) is 0.435. The Morgan fingerprint density at radius 1 is 1.06 bits per heavy atom. The highest BCUT2D eigenvalue weighted by Crippen LogP contribution is 2.40. The molecule has 1 N–H and O–H groups in total. The van der Waals surface area contributed by atoms with Crippen LogP contribution in [0.2, 0.25) is 0 Å². The fourth-order valence-corrected chi connectivity index (χ4v) is 6.15. The third kappa shape index (κ3) is 5.01. The van der Waals surface area contributed by atoms with Gasteiger partial charge in [0.2, 0.25) is 0 Å². The molecule has 0 bridgehead atoms. The average molecular weight is 460 g/mol. The van der Waals surface area contributed by atoms with Gasteiger partial charge in [0.05, 0.1) is 19.8 Å². The van der Waals surface area contributed by atoms with E-state index in [0.717, 1.165) is 27.8 Å². The van der Waals surface area contributed by atoms with Crippen molar-refractivity contribution in [2.24, 2.45) is 4.99 Å². The molecule has 0 unspecified atom stereocenters. The van der Waals surface area contributed by atoms with Gasteiger partial charge in [0, 0.05) is 11.3 Å². The number of aliphatic hydroxyl groups excluding tert-OH is 1. The minimum atomic E-state index is -0.845. The molecule has 3 heterocycles. The van der Waals surface area contributed by atoms with Crippen LogP contribution in [0.5, 0.6) is 0 Å². The Labute approximate surface area is 190 Å². The molecule has 3 aliphatic heterocycles. The Balaban J connectivity index is 1.33. The van der Waals surface area contributed by atoms with Crippen LogP contribution in [0, 0.1) is 0 Å². The van der Waals surface area contributed by atoms with Gasteiger partial charge in [0.15, 0.2) is 6.29 Å². The van der Waals surface area contributed by atoms with Gasteiger partial charge >= 0.3 is 0 Å². The van der Waals surface area contributed by atoms with Crippen molar-refractivity contribution in [2.75, 3.05) is 18.9 Å². The molecule has 31 heavy (non-hydrogen) atoms. The second-order valence-electron chi connectivity index (χ2n) is 7.59. The molecule has 0 aromatic heterocycles. The minimum Gasteiger partial charge on any atom is -0.387 e. The summed E-state index contributed by atoms with van der Waals surface area (Å²) in [4.78, 5) is 4.53. The van der Waals surface area contributed by atoms with E-state index in [-0.39, 0.29) is 11.5 Å². The molecular weight excluding hydrogens is 434 g/mol. The van der Waals surface area contributed by atoms with Crippen LogP contribution < -0.4 is 0 Å². The molecule has 0 spiro atoms. The maximum Gasteiger partial charge on any atom is 0.184 e. The summed E-state index contributed by atoms with van der Waals surface area (Å²) in [6, 6.07) is 19.7. The first-order valence-electron chi connectivity index (χ1n) is 10.4. The summed E-state index contributed by atoms with van der Waals surface area (Å²) in [6.45, 7) is 1.55. The molecule has 2 aromatic rings. The number of thioether (sulfide) groups is 2. The number of aliphatic hydroxyl groups is 1. The standard InChI is InChI=1S/C23H25NO5S2/c25-18-19-17(14-27-21(29-19)16-9-5-2-6-10-16)28-22(31-23-24-11-12-30-23)20(18)26-13-15-7-3-1-4-8-15/h1-10,17-22,25H,11-14H2/t17-,18+,19+,20-,21+,22+/m1/s1. The van der Waals surface area contributed by atoms with Crippen molar-refractivity contribution < 1.29 is 24.1 Å². The predicted octanol–water partition coefficient (Wildman–Crippen LogP) is 3.61. The zero-order valence-electron chi connectivity index (χ0n) is 16.9. The van der Waals surface area contributed by atoms with Crippen LogP contribution in [0.1, 0.15) is 17.4 Å². The van der Waals surface area contributed by atoms with Gasteiger partial charge in [-0.15, -0.1) is 0 Å². The summed E-state index contributed by atoms with van der Waals surface area (Å²) < 4.78 is 25.6. The molecule has 6 nitrogen and oxygen atoms in total. The summed E-state index contributed by atoms with van der Waals surface area (Å²) in [6.07, 6.45) is -2.83. The summed E-state index contributed by atoms with van der Waals surface area (Å²) in [7, 11) is 0. The van der Waals surface area contributed by atoms with Crippen molar-refractivity contribution in [3.8, 4) is 0 Å². The highest BCUT2D eigenvalue weighted by molar-refractivity contribution is 8.39. The molecular formula is C23H25NO5S2. The maximum absolute atomic E-state index is 11.3. The second-order valence-corrected chi connectivity index (χ2v) is 10.0. The molecule has 2 fully saturated rings. The molecule has 0 radical (unpaired) electrons. The molecule has 0 aliphatic carbocycles. The van der Waals surface area contributed by atoms with Gasteiger partial charge in [-0.2, -0.15) is 0 Å². The number of hydrogen-bond acceptors (Lipinski definition) is 8. The van der Waals surface area contributed by atoms with Gasteiger partial charge in [-0.1, -0.05) is 84.2 Å². The Hall–Kier alpha value is -1.39. The van der Waals surface area contributed by atoms with Gasteiger partial charge in [0.25, 0.3) is 0 Å². The zero-order chi connectivity index (χ0) is 21.0. The summed E-state index contributed by atoms with van der Waals surface area (Å²) in [5, 5.41) is 11.3. The molecule has 164 valence electrons. The smallest absolute Gasteiger partial charge is 0.184 e. The SMILES string of the molecule is O[C@H]1[C@H]2O[C@@H](c3ccccc3)OC[C@H]2O[C@@H](SC2=NCCS2)[C@@H]1OCc1ccccc1. The van der Waals surface area contributed by atoms with Crippen molar-refractivity contribution in [3.63, 3.8) is 0 Å². The van der Waals surface area contributed by atoms with Crippen LogP contribution in [0.3, 0.4) is 0 Å². The minimum absolute atomic E-state index is 0.351. The maximum atomic E-state index is 11.3. The number of nitrogens with zero attached hydrogens (tertiary/aromatic N) is 1. The van der Waals surface area contributed by atoms with Crippen LogP contribution in [0.4, 0.5) is 0 Å². The Morgan fingerprint density at radius 3 is 2.58 bits per heavy atom. The van der Waals surface area contributed by atoms with E-state index in [1.807, 2.05) is 60.7 Å². The van der Waals surface area contributed by atoms with Crippen LogP contribution in [0.15, 0.2) is 65.7 Å². The van der Waals surface area contributed by atoms with E-state index in [2.05, 4.69) is 4.99 Å². The van der Waals surface area contributed by atoms with Gasteiger partial charge < -0.3 is 24.1 Å². The third-order valence-corrected chi connectivity index (χ3v) is 7.79. The van der Waals surface area contributed by atoms with Gasteiger partial charge in [-0.05, 0) is 5.56 Å². The Bertz CT molecular complexity index is 884. The second kappa shape index (κ2) is 10.0. The van der Waals surface area contributed by atoms with E-state index < -0.39 is 24.6 Å². The van der Waals surface area contributed by atoms with Crippen molar-refractivity contribution in [3.05, 3.63) is 71.8 Å². The first-order valence-corrected chi connectivity index (χ1v) is 12.3. The largest absolute Gasteiger partial charge is 0.387 e. The molecule has 2 aromatic carbocycles. The molecule has 2 saturated heterocycles. The average Bonchev–Trinajstić information content (AvgIpc) is 3.33. The highest BCUT2D eigenvalue weighted by Gasteiger charge is 2.50. The lowest BCUT2D eigenvalue weighted by Crippen LogP contribution is -2.61. The van der Waals surface area contributed by atoms with Crippen molar-refractivity contribution in [1.29, 1.82) is 0 Å². The van der Waals surface area contributed by atoms with E-state index in [9.17, 15) is 5.11 Å². The summed E-state index contributed by atoms with van der Waals surface area (Å²) in [5.41, 5.74) is 1.58. The molecule has 3 aliphatic rings. The number of ether oxygens (including phenoxy) is 4. The Morgan fingerprint density at radius 2 is 1.84 bits per heavy atom. The van der Waals surface area contributed by atoms with Crippen LogP contribution in [-0.4, -0.2) is 58.2 Å². The van der Waals surface area contributed by atoms with E-state index in [0.29, 0.717) is 13.2 Å². The summed E-state index contributed by atoms with van der Waals surface area (Å²) >= 11 is 3.24. The van der Waals surface area contributed by atoms with Gasteiger partial charge in [-0.25, -0.2) is 0 Å². The number of benzene rings is 2. The first-order chi connectivity index (χ1) is 15.3. The molecule has 5 rings (SSSR count). The normalized spacial score (nSPS) is 33.0.